The second kappa shape index (κ2) is 10.0. The summed E-state index contributed by atoms with van der Waals surface area (Å²) in [5.41, 5.74) is 6.36. The molecule has 1 N–H and O–H groups in total. The van der Waals surface area contributed by atoms with Crippen LogP contribution in [0.1, 0.15) is 40.7 Å². The Balaban J connectivity index is 1.47. The maximum atomic E-state index is 10.8. The molecule has 3 aromatic carbocycles. The summed E-state index contributed by atoms with van der Waals surface area (Å²) in [5.74, 6) is 0.0996. The van der Waals surface area contributed by atoms with E-state index in [0.717, 1.165) is 48.5 Å². The normalized spacial score (nSPS) is 12.7. The maximum absolute atomic E-state index is 10.8. The van der Waals surface area contributed by atoms with E-state index in [9.17, 15) is 4.79 Å². The minimum Gasteiger partial charge on any atom is -0.487 e. The van der Waals surface area contributed by atoms with Gasteiger partial charge in [-0.3, -0.25) is 4.79 Å². The molecular weight excluding hydrogens is 400 g/mol. The average molecular weight is 427 g/mol. The maximum Gasteiger partial charge on any atom is 0.303 e. The molecule has 5 heteroatoms. The Kier molecular flexibility index (Phi) is 6.72. The predicted octanol–water partition coefficient (Wildman–Crippen LogP) is 5.11. The summed E-state index contributed by atoms with van der Waals surface area (Å²) >= 11 is 0. The first-order valence-corrected chi connectivity index (χ1v) is 10.9. The third-order valence-electron chi connectivity index (χ3n) is 5.77. The number of ether oxygens (including phenoxy) is 1. The smallest absolute Gasteiger partial charge is 0.303 e. The molecule has 0 fully saturated rings. The van der Waals surface area contributed by atoms with Crippen LogP contribution in [0.2, 0.25) is 0 Å². The number of rotatable bonds is 8. The van der Waals surface area contributed by atoms with Crippen molar-refractivity contribution in [3.63, 3.8) is 0 Å². The number of hydrogen-bond donors (Lipinski definition) is 1. The molecule has 1 aliphatic rings. The Morgan fingerprint density at radius 3 is 2.44 bits per heavy atom. The molecule has 4 rings (SSSR count). The standard InChI is InChI=1S/C27H26N2O3/c28-17-21-8-10-22(11-9-21)18-29-16-2-4-24-3-1-5-25(27(24)29)32-19-23-12-6-20(7-13-23)14-15-26(30)31/h1,3,5-13H,2,4,14-16,18-19H2,(H,30,31). The van der Waals surface area contributed by atoms with E-state index in [1.807, 2.05) is 60.7 Å². The third-order valence-corrected chi connectivity index (χ3v) is 5.77. The molecule has 0 aromatic heterocycles. The highest BCUT2D eigenvalue weighted by atomic mass is 16.5. The van der Waals surface area contributed by atoms with Crippen LogP contribution in [0, 0.1) is 11.3 Å². The zero-order chi connectivity index (χ0) is 22.3. The number of carboxylic acid groups (broad SMARTS) is 1. The molecular formula is C27H26N2O3. The Hall–Kier alpha value is -3.78. The van der Waals surface area contributed by atoms with Gasteiger partial charge in [0.1, 0.15) is 12.4 Å². The van der Waals surface area contributed by atoms with Crippen molar-refractivity contribution in [2.75, 3.05) is 11.4 Å². The summed E-state index contributed by atoms with van der Waals surface area (Å²) in [4.78, 5) is 13.1. The lowest BCUT2D eigenvalue weighted by atomic mass is 10.00. The number of aryl methyl sites for hydroxylation is 2. The number of carbonyl (C=O) groups is 1. The molecule has 0 radical (unpaired) electrons. The van der Waals surface area contributed by atoms with E-state index in [1.54, 1.807) is 0 Å². The molecule has 0 spiro atoms. The largest absolute Gasteiger partial charge is 0.487 e. The quantitative estimate of drug-likeness (QED) is 0.542. The van der Waals surface area contributed by atoms with Crippen LogP contribution in [0.5, 0.6) is 5.75 Å². The van der Waals surface area contributed by atoms with Crippen molar-refractivity contribution in [2.24, 2.45) is 0 Å². The highest BCUT2D eigenvalue weighted by Crippen LogP contribution is 2.37. The van der Waals surface area contributed by atoms with Gasteiger partial charge in [0.2, 0.25) is 0 Å². The van der Waals surface area contributed by atoms with Crippen LogP contribution in [0.4, 0.5) is 5.69 Å². The number of aliphatic carboxylic acids is 1. The first-order chi connectivity index (χ1) is 15.6. The number of hydrogen-bond acceptors (Lipinski definition) is 4. The lowest BCUT2D eigenvalue weighted by Crippen LogP contribution is -2.29. The van der Waals surface area contributed by atoms with Crippen LogP contribution in [0.25, 0.3) is 0 Å². The Bertz CT molecular complexity index is 1120. The molecule has 0 saturated carbocycles. The lowest BCUT2D eigenvalue weighted by Gasteiger charge is -2.33. The summed E-state index contributed by atoms with van der Waals surface area (Å²) in [6.45, 7) is 2.20. The van der Waals surface area contributed by atoms with E-state index < -0.39 is 5.97 Å². The topological polar surface area (TPSA) is 73.6 Å². The van der Waals surface area contributed by atoms with Crippen molar-refractivity contribution in [1.82, 2.24) is 0 Å². The van der Waals surface area contributed by atoms with Gasteiger partial charge in [-0.25, -0.2) is 0 Å². The first kappa shape index (κ1) is 21.5. The van der Waals surface area contributed by atoms with Gasteiger partial charge in [-0.05, 0) is 59.7 Å². The van der Waals surface area contributed by atoms with Crippen LogP contribution >= 0.6 is 0 Å². The molecule has 0 amide bonds. The van der Waals surface area contributed by atoms with Crippen molar-refractivity contribution in [2.45, 2.75) is 38.8 Å². The highest BCUT2D eigenvalue weighted by molar-refractivity contribution is 5.67. The van der Waals surface area contributed by atoms with E-state index in [2.05, 4.69) is 17.0 Å². The number of carboxylic acids is 1. The third kappa shape index (κ3) is 5.28. The molecule has 0 aliphatic carbocycles. The van der Waals surface area contributed by atoms with Crippen LogP contribution in [-0.2, 0) is 30.8 Å². The summed E-state index contributed by atoms with van der Waals surface area (Å²) in [6, 6.07) is 24.1. The van der Waals surface area contributed by atoms with E-state index in [4.69, 9.17) is 15.1 Å². The van der Waals surface area contributed by atoms with Gasteiger partial charge in [-0.2, -0.15) is 5.26 Å². The van der Waals surface area contributed by atoms with E-state index in [1.165, 1.54) is 11.1 Å². The molecule has 32 heavy (non-hydrogen) atoms. The molecule has 3 aromatic rings. The van der Waals surface area contributed by atoms with Gasteiger partial charge in [0.15, 0.2) is 0 Å². The molecule has 0 unspecified atom stereocenters. The molecule has 0 saturated heterocycles. The summed E-state index contributed by atoms with van der Waals surface area (Å²) in [5, 5.41) is 17.9. The zero-order valence-electron chi connectivity index (χ0n) is 18.0. The second-order valence-electron chi connectivity index (χ2n) is 8.10. The molecule has 1 aliphatic heterocycles. The van der Waals surface area contributed by atoms with E-state index in [-0.39, 0.29) is 6.42 Å². The monoisotopic (exact) mass is 426 g/mol. The number of anilines is 1. The summed E-state index contributed by atoms with van der Waals surface area (Å²) < 4.78 is 6.25. The number of benzene rings is 3. The number of nitrogens with zero attached hydrogens (tertiary/aromatic N) is 2. The van der Waals surface area contributed by atoms with E-state index in [0.29, 0.717) is 18.6 Å². The number of para-hydroxylation sites is 1. The Labute approximate surface area is 188 Å². The van der Waals surface area contributed by atoms with Gasteiger partial charge in [0.25, 0.3) is 0 Å². The van der Waals surface area contributed by atoms with Gasteiger partial charge in [0.05, 0.1) is 17.3 Å². The molecule has 0 bridgehead atoms. The molecule has 162 valence electrons. The fourth-order valence-electron chi connectivity index (χ4n) is 4.09. The van der Waals surface area contributed by atoms with Crippen molar-refractivity contribution < 1.29 is 14.6 Å². The van der Waals surface area contributed by atoms with Gasteiger partial charge in [-0.15, -0.1) is 0 Å². The number of nitriles is 1. The first-order valence-electron chi connectivity index (χ1n) is 10.9. The Morgan fingerprint density at radius 2 is 1.72 bits per heavy atom. The van der Waals surface area contributed by atoms with Crippen LogP contribution < -0.4 is 9.64 Å². The molecule has 0 atom stereocenters. The van der Waals surface area contributed by atoms with Gasteiger partial charge < -0.3 is 14.7 Å². The van der Waals surface area contributed by atoms with Gasteiger partial charge in [0, 0.05) is 19.5 Å². The SMILES string of the molecule is N#Cc1ccc(CN2CCCc3cccc(OCc4ccc(CCC(=O)O)cc4)c32)cc1. The lowest BCUT2D eigenvalue weighted by molar-refractivity contribution is -0.136. The van der Waals surface area contributed by atoms with Crippen LogP contribution in [-0.4, -0.2) is 17.6 Å². The fraction of sp³-hybridized carbons (Fsp3) is 0.259. The Morgan fingerprint density at radius 1 is 1.00 bits per heavy atom. The van der Waals surface area contributed by atoms with Crippen molar-refractivity contribution in [1.29, 1.82) is 5.26 Å². The minimum absolute atomic E-state index is 0.140. The second-order valence-corrected chi connectivity index (χ2v) is 8.10. The summed E-state index contributed by atoms with van der Waals surface area (Å²) in [7, 11) is 0. The van der Waals surface area contributed by atoms with Crippen molar-refractivity contribution >= 4 is 11.7 Å². The highest BCUT2D eigenvalue weighted by Gasteiger charge is 2.21. The number of fused-ring (bicyclic) bond motifs is 1. The zero-order valence-corrected chi connectivity index (χ0v) is 18.0. The molecule has 5 nitrogen and oxygen atoms in total. The van der Waals surface area contributed by atoms with Crippen LogP contribution in [0.3, 0.4) is 0 Å². The van der Waals surface area contributed by atoms with E-state index >= 15 is 0 Å². The van der Waals surface area contributed by atoms with Crippen molar-refractivity contribution in [3.8, 4) is 11.8 Å². The predicted molar refractivity (Wildman–Crippen MR) is 124 cm³/mol. The van der Waals surface area contributed by atoms with Crippen LogP contribution in [0.15, 0.2) is 66.7 Å². The summed E-state index contributed by atoms with van der Waals surface area (Å²) in [6.07, 6.45) is 2.81. The average Bonchev–Trinajstić information content (AvgIpc) is 2.82. The van der Waals surface area contributed by atoms with Crippen molar-refractivity contribution in [3.05, 3.63) is 94.5 Å². The van der Waals surface area contributed by atoms with Gasteiger partial charge >= 0.3 is 5.97 Å². The fourth-order valence-corrected chi connectivity index (χ4v) is 4.09. The van der Waals surface area contributed by atoms with Gasteiger partial charge in [-0.1, -0.05) is 48.5 Å². The minimum atomic E-state index is -0.781. The molecule has 1 heterocycles.